The number of ether oxygens (including phenoxy) is 1. The summed E-state index contributed by atoms with van der Waals surface area (Å²) in [5, 5.41) is 6.21. The van der Waals surface area contributed by atoms with E-state index in [1.807, 2.05) is 0 Å². The smallest absolute Gasteiger partial charge is 0.238 e. The van der Waals surface area contributed by atoms with Crippen molar-refractivity contribution in [3.05, 3.63) is 29.8 Å². The van der Waals surface area contributed by atoms with Crippen LogP contribution in [0.5, 0.6) is 0 Å². The number of benzene rings is 1. The summed E-state index contributed by atoms with van der Waals surface area (Å²) in [7, 11) is 0. The monoisotopic (exact) mass is 347 g/mol. The predicted molar refractivity (Wildman–Crippen MR) is 99.0 cm³/mol. The highest BCUT2D eigenvalue weighted by molar-refractivity contribution is 5.97. The van der Waals surface area contributed by atoms with E-state index in [1.54, 1.807) is 24.3 Å². The minimum absolute atomic E-state index is 0.0143. The highest BCUT2D eigenvalue weighted by atomic mass is 16.5. The number of carbonyl (C=O) groups excluding carboxylic acids is 2. The van der Waals surface area contributed by atoms with E-state index < -0.39 is 0 Å². The zero-order chi connectivity index (χ0) is 18.2. The number of Topliss-reactive ketones (excluding diaryl/α,β-unsaturated/α-hetero) is 1. The maximum atomic E-state index is 12.2. The standard InChI is InChI=1S/C19H29N3O3/c1-14(2)18(13-22-7-9-25-10-8-22)20-12-19(24)21-17-6-4-5-16(11-17)15(3)23/h4-6,11,14,18,20H,7-10,12-13H2,1-3H3,(H,21,24)/t18-/m1/s1. The zero-order valence-electron chi connectivity index (χ0n) is 15.4. The van der Waals surface area contributed by atoms with E-state index in [9.17, 15) is 9.59 Å². The van der Waals surface area contributed by atoms with Gasteiger partial charge >= 0.3 is 0 Å². The first-order valence-corrected chi connectivity index (χ1v) is 8.90. The van der Waals surface area contributed by atoms with Gasteiger partial charge in [0.1, 0.15) is 0 Å². The van der Waals surface area contributed by atoms with Crippen molar-refractivity contribution in [2.45, 2.75) is 26.8 Å². The molecule has 1 aromatic carbocycles. The van der Waals surface area contributed by atoms with Crippen molar-refractivity contribution in [3.63, 3.8) is 0 Å². The Kier molecular flexibility index (Phi) is 7.55. The fourth-order valence-corrected chi connectivity index (χ4v) is 2.82. The van der Waals surface area contributed by atoms with Crippen LogP contribution in [-0.2, 0) is 9.53 Å². The van der Waals surface area contributed by atoms with E-state index in [0.717, 1.165) is 32.8 Å². The molecule has 1 heterocycles. The third kappa shape index (κ3) is 6.57. The van der Waals surface area contributed by atoms with Crippen LogP contribution in [0, 0.1) is 5.92 Å². The summed E-state index contributed by atoms with van der Waals surface area (Å²) in [6.45, 7) is 10.4. The van der Waals surface area contributed by atoms with Gasteiger partial charge in [0.15, 0.2) is 5.78 Å². The molecule has 25 heavy (non-hydrogen) atoms. The van der Waals surface area contributed by atoms with Crippen LogP contribution < -0.4 is 10.6 Å². The summed E-state index contributed by atoms with van der Waals surface area (Å²) in [6, 6.07) is 7.25. The second-order valence-corrected chi connectivity index (χ2v) is 6.83. The molecule has 1 atom stereocenters. The molecule has 2 rings (SSSR count). The Hall–Kier alpha value is -1.76. The first kappa shape index (κ1) is 19.6. The lowest BCUT2D eigenvalue weighted by Crippen LogP contribution is -2.49. The van der Waals surface area contributed by atoms with Crippen LogP contribution in [0.15, 0.2) is 24.3 Å². The maximum Gasteiger partial charge on any atom is 0.238 e. The molecule has 6 nitrogen and oxygen atoms in total. The second-order valence-electron chi connectivity index (χ2n) is 6.83. The average molecular weight is 347 g/mol. The molecule has 2 N–H and O–H groups in total. The van der Waals surface area contributed by atoms with Gasteiger partial charge in [-0.1, -0.05) is 26.0 Å². The van der Waals surface area contributed by atoms with Crippen molar-refractivity contribution in [1.29, 1.82) is 0 Å². The summed E-state index contributed by atoms with van der Waals surface area (Å²) in [4.78, 5) is 26.0. The number of nitrogens with zero attached hydrogens (tertiary/aromatic N) is 1. The average Bonchev–Trinajstić information content (AvgIpc) is 2.59. The Morgan fingerprint density at radius 3 is 2.60 bits per heavy atom. The fraction of sp³-hybridized carbons (Fsp3) is 0.579. The van der Waals surface area contributed by atoms with Crippen molar-refractivity contribution in [2.24, 2.45) is 5.92 Å². The summed E-state index contributed by atoms with van der Waals surface area (Å²) in [5.41, 5.74) is 1.24. The summed E-state index contributed by atoms with van der Waals surface area (Å²) >= 11 is 0. The number of rotatable bonds is 8. The normalized spacial score (nSPS) is 16.6. The molecule has 1 aromatic rings. The van der Waals surface area contributed by atoms with Crippen LogP contribution in [0.4, 0.5) is 5.69 Å². The van der Waals surface area contributed by atoms with E-state index in [4.69, 9.17) is 4.74 Å². The van der Waals surface area contributed by atoms with Gasteiger partial charge in [0.05, 0.1) is 19.8 Å². The van der Waals surface area contributed by atoms with Crippen LogP contribution in [0.1, 0.15) is 31.1 Å². The highest BCUT2D eigenvalue weighted by Crippen LogP contribution is 2.11. The highest BCUT2D eigenvalue weighted by Gasteiger charge is 2.20. The number of anilines is 1. The minimum atomic E-state index is -0.103. The summed E-state index contributed by atoms with van der Waals surface area (Å²) in [5.74, 6) is 0.310. The molecule has 1 fully saturated rings. The van der Waals surface area contributed by atoms with Gasteiger partial charge in [-0.15, -0.1) is 0 Å². The Bertz CT molecular complexity index is 583. The molecule has 1 aliphatic rings. The second kappa shape index (κ2) is 9.65. The van der Waals surface area contributed by atoms with Crippen LogP contribution >= 0.6 is 0 Å². The van der Waals surface area contributed by atoms with Crippen molar-refractivity contribution in [1.82, 2.24) is 10.2 Å². The van der Waals surface area contributed by atoms with E-state index in [2.05, 4.69) is 29.4 Å². The minimum Gasteiger partial charge on any atom is -0.379 e. The van der Waals surface area contributed by atoms with Gasteiger partial charge in [-0.2, -0.15) is 0 Å². The molecule has 1 aliphatic heterocycles. The lowest BCUT2D eigenvalue weighted by atomic mass is 10.0. The predicted octanol–water partition coefficient (Wildman–Crippen LogP) is 1.77. The van der Waals surface area contributed by atoms with Gasteiger partial charge in [-0.3, -0.25) is 14.5 Å². The van der Waals surface area contributed by atoms with Gasteiger partial charge < -0.3 is 15.4 Å². The van der Waals surface area contributed by atoms with Crippen molar-refractivity contribution in [2.75, 3.05) is 44.7 Å². The maximum absolute atomic E-state index is 12.2. The molecule has 6 heteroatoms. The number of morpholine rings is 1. The first-order chi connectivity index (χ1) is 12.0. The molecule has 1 amide bonds. The molecule has 0 aliphatic carbocycles. The lowest BCUT2D eigenvalue weighted by Gasteiger charge is -2.32. The lowest BCUT2D eigenvalue weighted by molar-refractivity contribution is -0.115. The van der Waals surface area contributed by atoms with Crippen LogP contribution in [-0.4, -0.2) is 62.0 Å². The zero-order valence-corrected chi connectivity index (χ0v) is 15.4. The topological polar surface area (TPSA) is 70.7 Å². The molecular formula is C19H29N3O3. The number of amides is 1. The number of hydrogen-bond acceptors (Lipinski definition) is 5. The first-order valence-electron chi connectivity index (χ1n) is 8.90. The Morgan fingerprint density at radius 1 is 1.24 bits per heavy atom. The van der Waals surface area contributed by atoms with E-state index in [0.29, 0.717) is 17.2 Å². The number of hydrogen-bond donors (Lipinski definition) is 2. The van der Waals surface area contributed by atoms with E-state index in [1.165, 1.54) is 6.92 Å². The number of ketones is 1. The molecule has 1 saturated heterocycles. The van der Waals surface area contributed by atoms with Crippen LogP contribution in [0.3, 0.4) is 0 Å². The SMILES string of the molecule is CC(=O)c1cccc(NC(=O)CN[C@H](CN2CCOCC2)C(C)C)c1. The number of carbonyl (C=O) groups is 2. The largest absolute Gasteiger partial charge is 0.379 e. The molecule has 138 valence electrons. The fourth-order valence-electron chi connectivity index (χ4n) is 2.82. The molecule has 0 radical (unpaired) electrons. The quantitative estimate of drug-likeness (QED) is 0.702. The van der Waals surface area contributed by atoms with E-state index in [-0.39, 0.29) is 24.3 Å². The Morgan fingerprint density at radius 2 is 1.96 bits per heavy atom. The molecule has 0 saturated carbocycles. The summed E-state index contributed by atoms with van der Waals surface area (Å²) < 4.78 is 5.38. The third-order valence-electron chi connectivity index (χ3n) is 4.44. The molecule has 0 spiro atoms. The van der Waals surface area contributed by atoms with Gasteiger partial charge in [0.25, 0.3) is 0 Å². The van der Waals surface area contributed by atoms with Gasteiger partial charge in [0.2, 0.25) is 5.91 Å². The van der Waals surface area contributed by atoms with Gasteiger partial charge in [-0.25, -0.2) is 0 Å². The van der Waals surface area contributed by atoms with E-state index >= 15 is 0 Å². The van der Waals surface area contributed by atoms with Crippen LogP contribution in [0.2, 0.25) is 0 Å². The van der Waals surface area contributed by atoms with Gasteiger partial charge in [-0.05, 0) is 25.0 Å². The molecule has 0 bridgehead atoms. The molecule has 0 aromatic heterocycles. The number of nitrogens with one attached hydrogen (secondary N) is 2. The summed E-state index contributed by atoms with van der Waals surface area (Å²) in [6.07, 6.45) is 0. The third-order valence-corrected chi connectivity index (χ3v) is 4.44. The Balaban J connectivity index is 1.83. The molecule has 0 unspecified atom stereocenters. The van der Waals surface area contributed by atoms with Crippen molar-refractivity contribution in [3.8, 4) is 0 Å². The van der Waals surface area contributed by atoms with Gasteiger partial charge in [0, 0.05) is 36.9 Å². The van der Waals surface area contributed by atoms with Crippen molar-refractivity contribution < 1.29 is 14.3 Å². The van der Waals surface area contributed by atoms with Crippen molar-refractivity contribution >= 4 is 17.4 Å². The van der Waals surface area contributed by atoms with Crippen LogP contribution in [0.25, 0.3) is 0 Å². The molecular weight excluding hydrogens is 318 g/mol. The Labute approximate surface area is 149 Å².